The lowest BCUT2D eigenvalue weighted by atomic mass is 10.3. The van der Waals surface area contributed by atoms with Crippen molar-refractivity contribution in [3.05, 3.63) is 28.9 Å². The van der Waals surface area contributed by atoms with E-state index >= 15 is 0 Å². The lowest BCUT2D eigenvalue weighted by molar-refractivity contribution is 1.15. The number of nitrogens with one attached hydrogen (secondary N) is 1. The second-order valence-corrected chi connectivity index (χ2v) is 6.43. The highest BCUT2D eigenvalue weighted by Crippen LogP contribution is 2.29. The van der Waals surface area contributed by atoms with Crippen LogP contribution in [0.4, 0.5) is 5.82 Å². The van der Waals surface area contributed by atoms with E-state index in [1.165, 1.54) is 4.88 Å². The van der Waals surface area contributed by atoms with Crippen LogP contribution in [0.25, 0.3) is 10.2 Å². The number of hydrogen-bond acceptors (Lipinski definition) is 5. The summed E-state index contributed by atoms with van der Waals surface area (Å²) in [5.41, 5.74) is 0. The standard InChI is InChI=1S/C12H14ClN3S2/c1-3-5-17-6-4-14-10-9-7-8(2)18-11(9)16-12(13)15-10/h3,7H,1,4-6H2,2H3,(H,14,15,16). The van der Waals surface area contributed by atoms with Gasteiger partial charge in [0.1, 0.15) is 10.6 Å². The van der Waals surface area contributed by atoms with Gasteiger partial charge in [0.25, 0.3) is 0 Å². The molecule has 0 spiro atoms. The Kier molecular flexibility index (Phi) is 4.86. The summed E-state index contributed by atoms with van der Waals surface area (Å²) >= 11 is 9.39. The van der Waals surface area contributed by atoms with E-state index in [1.54, 1.807) is 11.3 Å². The Hall–Kier alpha value is -0.780. The smallest absolute Gasteiger partial charge is 0.225 e. The fourth-order valence-corrected chi connectivity index (χ4v) is 3.24. The summed E-state index contributed by atoms with van der Waals surface area (Å²) < 4.78 is 0. The molecular formula is C12H14ClN3S2. The van der Waals surface area contributed by atoms with Gasteiger partial charge in [-0.05, 0) is 24.6 Å². The molecule has 0 aliphatic heterocycles. The van der Waals surface area contributed by atoms with Gasteiger partial charge >= 0.3 is 0 Å². The molecule has 2 rings (SSSR count). The van der Waals surface area contributed by atoms with Crippen LogP contribution in [0, 0.1) is 6.92 Å². The van der Waals surface area contributed by atoms with Gasteiger partial charge in [-0.2, -0.15) is 11.8 Å². The molecule has 0 radical (unpaired) electrons. The van der Waals surface area contributed by atoms with Crippen molar-refractivity contribution in [2.24, 2.45) is 0 Å². The van der Waals surface area contributed by atoms with Gasteiger partial charge < -0.3 is 5.32 Å². The molecule has 0 bridgehead atoms. The Balaban J connectivity index is 2.09. The van der Waals surface area contributed by atoms with Gasteiger partial charge in [-0.3, -0.25) is 0 Å². The van der Waals surface area contributed by atoms with Crippen LogP contribution in [0.15, 0.2) is 18.7 Å². The van der Waals surface area contributed by atoms with Crippen LogP contribution in [0.1, 0.15) is 4.88 Å². The molecule has 0 atom stereocenters. The molecule has 0 aliphatic rings. The molecule has 2 aromatic heterocycles. The number of halogens is 1. The molecule has 0 saturated heterocycles. The monoisotopic (exact) mass is 299 g/mol. The zero-order chi connectivity index (χ0) is 13.0. The first-order valence-electron chi connectivity index (χ1n) is 5.57. The van der Waals surface area contributed by atoms with E-state index in [2.05, 4.69) is 34.9 Å². The molecule has 18 heavy (non-hydrogen) atoms. The van der Waals surface area contributed by atoms with E-state index in [0.717, 1.165) is 34.1 Å². The first kappa shape index (κ1) is 13.6. The predicted molar refractivity (Wildman–Crippen MR) is 83.2 cm³/mol. The Morgan fingerprint density at radius 2 is 2.39 bits per heavy atom. The third kappa shape index (κ3) is 3.37. The molecule has 0 saturated carbocycles. The summed E-state index contributed by atoms with van der Waals surface area (Å²) in [5, 5.41) is 4.67. The van der Waals surface area contributed by atoms with Crippen molar-refractivity contribution in [2.45, 2.75) is 6.92 Å². The van der Waals surface area contributed by atoms with Crippen molar-refractivity contribution in [3.8, 4) is 0 Å². The summed E-state index contributed by atoms with van der Waals surface area (Å²) in [4.78, 5) is 10.6. The first-order valence-corrected chi connectivity index (χ1v) is 7.92. The first-order chi connectivity index (χ1) is 8.70. The summed E-state index contributed by atoms with van der Waals surface area (Å²) in [6.45, 7) is 6.61. The number of anilines is 1. The SMILES string of the molecule is C=CCSCCNc1nc(Cl)nc2sc(C)cc12. The van der Waals surface area contributed by atoms with Gasteiger partial charge in [0.05, 0.1) is 5.39 Å². The van der Waals surface area contributed by atoms with Crippen LogP contribution in [0.5, 0.6) is 0 Å². The topological polar surface area (TPSA) is 37.8 Å². The van der Waals surface area contributed by atoms with Gasteiger partial charge in [-0.1, -0.05) is 6.08 Å². The maximum Gasteiger partial charge on any atom is 0.225 e. The third-order valence-electron chi connectivity index (χ3n) is 2.26. The molecule has 6 heteroatoms. The second kappa shape index (κ2) is 6.41. The molecule has 0 fully saturated rings. The van der Waals surface area contributed by atoms with Gasteiger partial charge in [-0.25, -0.2) is 9.97 Å². The normalized spacial score (nSPS) is 10.8. The van der Waals surface area contributed by atoms with Gasteiger partial charge in [0.15, 0.2) is 0 Å². The van der Waals surface area contributed by atoms with Crippen molar-refractivity contribution in [2.75, 3.05) is 23.4 Å². The number of aryl methyl sites for hydroxylation is 1. The highest BCUT2D eigenvalue weighted by Gasteiger charge is 2.08. The van der Waals surface area contributed by atoms with Crippen molar-refractivity contribution in [3.63, 3.8) is 0 Å². The maximum absolute atomic E-state index is 5.92. The van der Waals surface area contributed by atoms with Crippen LogP contribution >= 0.6 is 34.7 Å². The van der Waals surface area contributed by atoms with Crippen molar-refractivity contribution in [1.29, 1.82) is 0 Å². The number of hydrogen-bond donors (Lipinski definition) is 1. The van der Waals surface area contributed by atoms with E-state index in [1.807, 2.05) is 17.8 Å². The lowest BCUT2D eigenvalue weighted by Crippen LogP contribution is -2.06. The molecular weight excluding hydrogens is 286 g/mol. The quantitative estimate of drug-likeness (QED) is 0.497. The summed E-state index contributed by atoms with van der Waals surface area (Å²) in [5.74, 6) is 2.81. The Bertz CT molecular complexity index is 553. The molecule has 96 valence electrons. The third-order valence-corrected chi connectivity index (χ3v) is 4.34. The van der Waals surface area contributed by atoms with E-state index in [9.17, 15) is 0 Å². The Labute approximate surface area is 120 Å². The van der Waals surface area contributed by atoms with Crippen LogP contribution in [0.2, 0.25) is 5.28 Å². The van der Waals surface area contributed by atoms with Crippen LogP contribution < -0.4 is 5.32 Å². The minimum Gasteiger partial charge on any atom is -0.369 e. The largest absolute Gasteiger partial charge is 0.369 e. The van der Waals surface area contributed by atoms with Crippen LogP contribution in [0.3, 0.4) is 0 Å². The fraction of sp³-hybridized carbons (Fsp3) is 0.333. The van der Waals surface area contributed by atoms with Crippen molar-refractivity contribution < 1.29 is 0 Å². The van der Waals surface area contributed by atoms with E-state index in [0.29, 0.717) is 5.28 Å². The van der Waals surface area contributed by atoms with E-state index < -0.39 is 0 Å². The zero-order valence-corrected chi connectivity index (χ0v) is 12.5. The molecule has 1 N–H and O–H groups in total. The highest BCUT2D eigenvalue weighted by atomic mass is 35.5. The summed E-state index contributed by atoms with van der Waals surface area (Å²) in [7, 11) is 0. The number of thioether (sulfide) groups is 1. The predicted octanol–water partition coefficient (Wildman–Crippen LogP) is 3.98. The van der Waals surface area contributed by atoms with Gasteiger partial charge in [-0.15, -0.1) is 17.9 Å². The highest BCUT2D eigenvalue weighted by molar-refractivity contribution is 7.99. The Morgan fingerprint density at radius 1 is 1.56 bits per heavy atom. The van der Waals surface area contributed by atoms with Crippen LogP contribution in [-0.4, -0.2) is 28.0 Å². The van der Waals surface area contributed by atoms with E-state index in [4.69, 9.17) is 11.6 Å². The number of rotatable bonds is 6. The minimum atomic E-state index is 0.297. The van der Waals surface area contributed by atoms with Gasteiger partial charge in [0.2, 0.25) is 5.28 Å². The van der Waals surface area contributed by atoms with Crippen LogP contribution in [-0.2, 0) is 0 Å². The molecule has 2 heterocycles. The average molecular weight is 300 g/mol. The van der Waals surface area contributed by atoms with Gasteiger partial charge in [0, 0.05) is 22.9 Å². The molecule has 0 aliphatic carbocycles. The van der Waals surface area contributed by atoms with E-state index in [-0.39, 0.29) is 0 Å². The zero-order valence-electron chi connectivity index (χ0n) is 10.1. The molecule has 0 amide bonds. The summed E-state index contributed by atoms with van der Waals surface area (Å²) in [6.07, 6.45) is 1.91. The average Bonchev–Trinajstić information content (AvgIpc) is 2.69. The number of fused-ring (bicyclic) bond motifs is 1. The molecule has 2 aromatic rings. The molecule has 0 unspecified atom stereocenters. The lowest BCUT2D eigenvalue weighted by Gasteiger charge is -2.06. The van der Waals surface area contributed by atoms with Crippen molar-refractivity contribution >= 4 is 50.7 Å². The maximum atomic E-state index is 5.92. The summed E-state index contributed by atoms with van der Waals surface area (Å²) in [6, 6.07) is 2.09. The minimum absolute atomic E-state index is 0.297. The number of nitrogens with zero attached hydrogens (tertiary/aromatic N) is 2. The molecule has 0 aromatic carbocycles. The molecule has 3 nitrogen and oxygen atoms in total. The number of aromatic nitrogens is 2. The fourth-order valence-electron chi connectivity index (χ4n) is 1.56. The van der Waals surface area contributed by atoms with Crippen molar-refractivity contribution in [1.82, 2.24) is 9.97 Å². The number of thiophene rings is 1. The second-order valence-electron chi connectivity index (χ2n) is 3.71. The Morgan fingerprint density at radius 3 is 3.17 bits per heavy atom.